The molecule has 1 aliphatic heterocycles. The van der Waals surface area contributed by atoms with E-state index in [1.807, 2.05) is 18.7 Å². The molecule has 0 aromatic heterocycles. The van der Waals surface area contributed by atoms with Gasteiger partial charge in [-0.2, -0.15) is 0 Å². The molecule has 0 N–H and O–H groups in total. The number of thioether (sulfide) groups is 1. The van der Waals surface area contributed by atoms with Gasteiger partial charge in [-0.1, -0.05) is 83.2 Å². The van der Waals surface area contributed by atoms with E-state index < -0.39 is 0 Å². The van der Waals surface area contributed by atoms with Crippen molar-refractivity contribution in [1.82, 2.24) is 0 Å². The molecule has 1 aromatic carbocycles. The van der Waals surface area contributed by atoms with Crippen molar-refractivity contribution < 1.29 is 9.53 Å². The second-order valence-corrected chi connectivity index (χ2v) is 9.02. The molecule has 0 spiro atoms. The van der Waals surface area contributed by atoms with Gasteiger partial charge in [0.2, 0.25) is 0 Å². The Balaban J connectivity index is 2.23. The topological polar surface area (TPSA) is 26.3 Å². The fourth-order valence-electron chi connectivity index (χ4n) is 3.84. The van der Waals surface area contributed by atoms with Gasteiger partial charge >= 0.3 is 5.97 Å². The average Bonchev–Trinajstić information content (AvgIpc) is 3.05. The lowest BCUT2D eigenvalue weighted by Crippen LogP contribution is -2.20. The molecule has 0 fully saturated rings. The lowest BCUT2D eigenvalue weighted by atomic mass is 9.90. The van der Waals surface area contributed by atoms with Gasteiger partial charge in [0.25, 0.3) is 0 Å². The lowest BCUT2D eigenvalue weighted by Gasteiger charge is -2.18. The van der Waals surface area contributed by atoms with Crippen LogP contribution in [-0.2, 0) is 9.53 Å². The Morgan fingerprint density at radius 2 is 1.70 bits per heavy atom. The fourth-order valence-corrected chi connectivity index (χ4v) is 5.55. The van der Waals surface area contributed by atoms with Gasteiger partial charge in [0.05, 0.1) is 17.4 Å². The maximum atomic E-state index is 12.8. The van der Waals surface area contributed by atoms with Gasteiger partial charge in [0.1, 0.15) is 0 Å². The lowest BCUT2D eigenvalue weighted by molar-refractivity contribution is -0.138. The minimum atomic E-state index is -0.0943. The molecule has 2 nitrogen and oxygen atoms in total. The van der Waals surface area contributed by atoms with Gasteiger partial charge in [-0.05, 0) is 36.8 Å². The average molecular weight is 389 g/mol. The Bertz CT molecular complexity index is 606. The zero-order valence-electron chi connectivity index (χ0n) is 17.5. The van der Waals surface area contributed by atoms with Crippen LogP contribution < -0.4 is 0 Å². The summed E-state index contributed by atoms with van der Waals surface area (Å²) >= 11 is 1.94. The van der Waals surface area contributed by atoms with Gasteiger partial charge in [-0.3, -0.25) is 0 Å². The molecular weight excluding hydrogens is 352 g/mol. The van der Waals surface area contributed by atoms with Gasteiger partial charge in [-0.15, -0.1) is 11.8 Å². The van der Waals surface area contributed by atoms with Crippen LogP contribution in [0.1, 0.15) is 83.5 Å². The van der Waals surface area contributed by atoms with E-state index in [1.54, 1.807) is 0 Å². The predicted molar refractivity (Wildman–Crippen MR) is 117 cm³/mol. The minimum absolute atomic E-state index is 0.0943. The smallest absolute Gasteiger partial charge is 0.335 e. The summed E-state index contributed by atoms with van der Waals surface area (Å²) in [5, 5.41) is 0.512. The number of benzene rings is 1. The van der Waals surface area contributed by atoms with Gasteiger partial charge in [0, 0.05) is 5.25 Å². The van der Waals surface area contributed by atoms with Crippen LogP contribution >= 0.6 is 11.8 Å². The van der Waals surface area contributed by atoms with Crippen molar-refractivity contribution >= 4 is 17.7 Å². The van der Waals surface area contributed by atoms with Crippen molar-refractivity contribution in [3.05, 3.63) is 47.0 Å². The first-order valence-corrected chi connectivity index (χ1v) is 11.6. The molecule has 1 aliphatic rings. The predicted octanol–water partition coefficient (Wildman–Crippen LogP) is 7.11. The van der Waals surface area contributed by atoms with Crippen LogP contribution in [0.2, 0.25) is 0 Å². The number of esters is 1. The first-order chi connectivity index (χ1) is 13.1. The van der Waals surface area contributed by atoms with Crippen molar-refractivity contribution in [2.45, 2.75) is 83.1 Å². The van der Waals surface area contributed by atoms with Crippen LogP contribution in [-0.4, -0.2) is 17.8 Å². The molecule has 0 amide bonds. The molecule has 0 bridgehead atoms. The van der Waals surface area contributed by atoms with Crippen LogP contribution in [0.25, 0.3) is 0 Å². The van der Waals surface area contributed by atoms with E-state index >= 15 is 0 Å². The quantitative estimate of drug-likeness (QED) is 0.298. The summed E-state index contributed by atoms with van der Waals surface area (Å²) in [7, 11) is 0. The van der Waals surface area contributed by atoms with E-state index in [0.717, 1.165) is 18.4 Å². The Hall–Kier alpha value is -1.22. The van der Waals surface area contributed by atoms with Gasteiger partial charge in [0.15, 0.2) is 0 Å². The number of rotatable bonds is 11. The maximum Gasteiger partial charge on any atom is 0.335 e. The monoisotopic (exact) mass is 388 g/mol. The number of hydrogen-bond acceptors (Lipinski definition) is 3. The van der Waals surface area contributed by atoms with E-state index in [4.69, 9.17) is 4.74 Å². The molecule has 150 valence electrons. The second-order valence-electron chi connectivity index (χ2n) is 7.77. The van der Waals surface area contributed by atoms with E-state index in [-0.39, 0.29) is 16.5 Å². The van der Waals surface area contributed by atoms with E-state index in [1.165, 1.54) is 43.2 Å². The number of hydrogen-bond donors (Lipinski definition) is 0. The molecule has 27 heavy (non-hydrogen) atoms. The zero-order valence-corrected chi connectivity index (χ0v) is 18.3. The van der Waals surface area contributed by atoms with Crippen molar-refractivity contribution in [2.24, 2.45) is 5.92 Å². The Labute approximate surface area is 170 Å². The summed E-state index contributed by atoms with van der Waals surface area (Å²) in [5.74, 6) is 0.325. The number of carbonyl (C=O) groups is 1. The number of carbonyl (C=O) groups excluding carboxylic acids is 1. The molecule has 2 atom stereocenters. The third-order valence-electron chi connectivity index (χ3n) is 5.23. The van der Waals surface area contributed by atoms with Crippen LogP contribution in [0.3, 0.4) is 0 Å². The highest BCUT2D eigenvalue weighted by Crippen LogP contribution is 2.52. The van der Waals surface area contributed by atoms with Crippen LogP contribution in [0.4, 0.5) is 0 Å². The summed E-state index contributed by atoms with van der Waals surface area (Å²) in [6.07, 6.45) is 8.65. The van der Waals surface area contributed by atoms with Crippen LogP contribution in [0, 0.1) is 5.92 Å². The molecule has 1 aromatic rings. The molecular formula is C24H36O2S. The Kier molecular flexibility index (Phi) is 9.47. The SMILES string of the molecule is CCCCCCCCC1=C(C(=O)OCC)C(C(C)C)SC1c1ccccc1. The summed E-state index contributed by atoms with van der Waals surface area (Å²) in [5.41, 5.74) is 3.59. The molecule has 3 heteroatoms. The number of unbranched alkanes of at least 4 members (excludes halogenated alkanes) is 5. The molecule has 0 aliphatic carbocycles. The summed E-state index contributed by atoms with van der Waals surface area (Å²) in [4.78, 5) is 12.8. The van der Waals surface area contributed by atoms with Crippen molar-refractivity contribution in [3.8, 4) is 0 Å². The highest BCUT2D eigenvalue weighted by Gasteiger charge is 2.40. The highest BCUT2D eigenvalue weighted by atomic mass is 32.2. The van der Waals surface area contributed by atoms with Gasteiger partial charge in [-0.25, -0.2) is 4.79 Å². The minimum Gasteiger partial charge on any atom is -0.463 e. The first kappa shape index (κ1) is 22.1. The Morgan fingerprint density at radius 3 is 2.33 bits per heavy atom. The summed E-state index contributed by atoms with van der Waals surface area (Å²) < 4.78 is 5.47. The second kappa shape index (κ2) is 11.6. The molecule has 2 unspecified atom stereocenters. The third-order valence-corrected chi connectivity index (χ3v) is 7.13. The largest absolute Gasteiger partial charge is 0.463 e. The van der Waals surface area contributed by atoms with E-state index in [2.05, 4.69) is 51.1 Å². The molecule has 1 heterocycles. The standard InChI is InChI=1S/C24H36O2S/c1-5-7-8-9-10-14-17-20-21(24(25)26-6-2)22(18(3)4)27-23(20)19-15-12-11-13-16-19/h11-13,15-16,18,22-23H,5-10,14,17H2,1-4H3. The fraction of sp³-hybridized carbons (Fsp3) is 0.625. The maximum absolute atomic E-state index is 12.8. The highest BCUT2D eigenvalue weighted by molar-refractivity contribution is 8.00. The molecule has 0 saturated heterocycles. The molecule has 0 radical (unpaired) electrons. The summed E-state index contributed by atoms with van der Waals surface area (Å²) in [6, 6.07) is 10.7. The normalized spacial score (nSPS) is 19.7. The van der Waals surface area contributed by atoms with Crippen molar-refractivity contribution in [2.75, 3.05) is 6.61 Å². The zero-order chi connectivity index (χ0) is 19.6. The van der Waals surface area contributed by atoms with Gasteiger partial charge < -0.3 is 4.74 Å². The van der Waals surface area contributed by atoms with Crippen molar-refractivity contribution in [3.63, 3.8) is 0 Å². The van der Waals surface area contributed by atoms with Crippen molar-refractivity contribution in [1.29, 1.82) is 0 Å². The van der Waals surface area contributed by atoms with E-state index in [0.29, 0.717) is 12.5 Å². The summed E-state index contributed by atoms with van der Waals surface area (Å²) in [6.45, 7) is 9.02. The van der Waals surface area contributed by atoms with Crippen LogP contribution in [0.15, 0.2) is 41.5 Å². The van der Waals surface area contributed by atoms with Crippen LogP contribution in [0.5, 0.6) is 0 Å². The first-order valence-electron chi connectivity index (χ1n) is 10.7. The molecule has 0 saturated carbocycles. The number of ether oxygens (including phenoxy) is 1. The third kappa shape index (κ3) is 6.14. The molecule has 2 rings (SSSR count). The van der Waals surface area contributed by atoms with E-state index in [9.17, 15) is 4.79 Å². The Morgan fingerprint density at radius 1 is 1.04 bits per heavy atom.